The molecule has 3 heteroatoms. The average molecular weight is 172 g/mol. The van der Waals surface area contributed by atoms with Gasteiger partial charge in [-0.1, -0.05) is 6.92 Å². The molecule has 0 spiro atoms. The molecule has 0 radical (unpaired) electrons. The van der Waals surface area contributed by atoms with Crippen molar-refractivity contribution in [2.75, 3.05) is 13.2 Å². The van der Waals surface area contributed by atoms with Crippen LogP contribution in [0.4, 0.5) is 0 Å². The third kappa shape index (κ3) is 7.54. The molecule has 0 saturated carbocycles. The molecule has 0 aromatic rings. The molecule has 72 valence electrons. The highest BCUT2D eigenvalue weighted by atomic mass is 16.2. The summed E-state index contributed by atoms with van der Waals surface area (Å²) in [7, 11) is 0. The van der Waals surface area contributed by atoms with E-state index >= 15 is 0 Å². The van der Waals surface area contributed by atoms with E-state index < -0.39 is 0 Å². The zero-order valence-corrected chi connectivity index (χ0v) is 8.14. The van der Waals surface area contributed by atoms with Crippen molar-refractivity contribution >= 4 is 5.71 Å². The van der Waals surface area contributed by atoms with Gasteiger partial charge in [0.15, 0.2) is 0 Å². The summed E-state index contributed by atoms with van der Waals surface area (Å²) < 4.78 is 0. The first kappa shape index (κ1) is 11.4. The second-order valence-electron chi connectivity index (χ2n) is 2.94. The Hall–Kier alpha value is -0.570. The van der Waals surface area contributed by atoms with E-state index in [1.165, 1.54) is 0 Å². The molecule has 12 heavy (non-hydrogen) atoms. The molecule has 0 aromatic carbocycles. The van der Waals surface area contributed by atoms with Crippen LogP contribution in [0.1, 0.15) is 39.5 Å². The van der Waals surface area contributed by atoms with Gasteiger partial charge in [0.2, 0.25) is 0 Å². The van der Waals surface area contributed by atoms with Crippen LogP contribution >= 0.6 is 0 Å². The van der Waals surface area contributed by atoms with Crippen LogP contribution in [0.5, 0.6) is 0 Å². The lowest BCUT2D eigenvalue weighted by Crippen LogP contribution is -2.09. The van der Waals surface area contributed by atoms with Crippen molar-refractivity contribution in [1.82, 2.24) is 5.43 Å². The number of aliphatic hydroxyl groups excluding tert-OH is 1. The van der Waals surface area contributed by atoms with Crippen molar-refractivity contribution < 1.29 is 5.11 Å². The topological polar surface area (TPSA) is 44.6 Å². The number of hydrazone groups is 1. The van der Waals surface area contributed by atoms with Crippen LogP contribution in [0.3, 0.4) is 0 Å². The lowest BCUT2D eigenvalue weighted by Gasteiger charge is -2.00. The zero-order chi connectivity index (χ0) is 9.23. The molecule has 0 fully saturated rings. The molecule has 0 amide bonds. The van der Waals surface area contributed by atoms with Crippen molar-refractivity contribution in [3.05, 3.63) is 0 Å². The smallest absolute Gasteiger partial charge is 0.0431 e. The number of nitrogens with zero attached hydrogens (tertiary/aromatic N) is 1. The maximum absolute atomic E-state index is 8.54. The third-order valence-electron chi connectivity index (χ3n) is 1.58. The van der Waals surface area contributed by atoms with E-state index in [1.54, 1.807) is 0 Å². The van der Waals surface area contributed by atoms with E-state index in [9.17, 15) is 0 Å². The Morgan fingerprint density at radius 3 is 2.75 bits per heavy atom. The molecular weight excluding hydrogens is 152 g/mol. The predicted molar refractivity (Wildman–Crippen MR) is 52.3 cm³/mol. The molecule has 0 aromatic heterocycles. The molecule has 0 aliphatic carbocycles. The van der Waals surface area contributed by atoms with Gasteiger partial charge < -0.3 is 10.5 Å². The molecule has 0 saturated heterocycles. The van der Waals surface area contributed by atoms with Gasteiger partial charge in [-0.2, -0.15) is 5.10 Å². The highest BCUT2D eigenvalue weighted by molar-refractivity contribution is 5.81. The van der Waals surface area contributed by atoms with E-state index in [2.05, 4.69) is 17.5 Å². The third-order valence-corrected chi connectivity index (χ3v) is 1.58. The van der Waals surface area contributed by atoms with Crippen LogP contribution in [-0.2, 0) is 0 Å². The van der Waals surface area contributed by atoms with Gasteiger partial charge in [-0.05, 0) is 32.6 Å². The fraction of sp³-hybridized carbons (Fsp3) is 0.889. The van der Waals surface area contributed by atoms with E-state index in [0.29, 0.717) is 0 Å². The van der Waals surface area contributed by atoms with Gasteiger partial charge in [0.25, 0.3) is 0 Å². The summed E-state index contributed by atoms with van der Waals surface area (Å²) in [6.07, 6.45) is 3.99. The number of aliphatic hydroxyl groups is 1. The molecular formula is C9H20N2O. The van der Waals surface area contributed by atoms with Crippen molar-refractivity contribution in [2.24, 2.45) is 5.10 Å². The van der Waals surface area contributed by atoms with Gasteiger partial charge in [0, 0.05) is 18.9 Å². The van der Waals surface area contributed by atoms with Gasteiger partial charge in [0.05, 0.1) is 0 Å². The Labute approximate surface area is 74.9 Å². The van der Waals surface area contributed by atoms with Crippen molar-refractivity contribution in [1.29, 1.82) is 0 Å². The van der Waals surface area contributed by atoms with Crippen LogP contribution in [0.15, 0.2) is 5.10 Å². The number of rotatable bonds is 7. The molecule has 0 unspecified atom stereocenters. The van der Waals surface area contributed by atoms with Crippen LogP contribution < -0.4 is 5.43 Å². The fourth-order valence-electron chi connectivity index (χ4n) is 0.851. The Kier molecular flexibility index (Phi) is 8.12. The molecule has 0 heterocycles. The lowest BCUT2D eigenvalue weighted by atomic mass is 10.2. The van der Waals surface area contributed by atoms with E-state index in [1.807, 2.05) is 6.92 Å². The highest BCUT2D eigenvalue weighted by Crippen LogP contribution is 1.95. The van der Waals surface area contributed by atoms with E-state index in [4.69, 9.17) is 5.11 Å². The quantitative estimate of drug-likeness (QED) is 0.347. The fourth-order valence-corrected chi connectivity index (χ4v) is 0.851. The normalized spacial score (nSPS) is 11.8. The zero-order valence-electron chi connectivity index (χ0n) is 8.14. The summed E-state index contributed by atoms with van der Waals surface area (Å²) in [4.78, 5) is 0. The maximum atomic E-state index is 8.54. The lowest BCUT2D eigenvalue weighted by molar-refractivity contribution is 0.285. The van der Waals surface area contributed by atoms with E-state index in [0.717, 1.165) is 37.9 Å². The first-order chi connectivity index (χ1) is 5.81. The molecule has 0 bridgehead atoms. The van der Waals surface area contributed by atoms with Crippen molar-refractivity contribution in [2.45, 2.75) is 39.5 Å². The molecule has 0 atom stereocenters. The largest absolute Gasteiger partial charge is 0.396 e. The van der Waals surface area contributed by atoms with E-state index in [-0.39, 0.29) is 6.61 Å². The van der Waals surface area contributed by atoms with Gasteiger partial charge in [-0.15, -0.1) is 0 Å². The Balaban J connectivity index is 3.29. The second-order valence-corrected chi connectivity index (χ2v) is 2.94. The number of hydrogen-bond donors (Lipinski definition) is 2. The molecule has 0 aliphatic heterocycles. The van der Waals surface area contributed by atoms with Gasteiger partial charge in [-0.3, -0.25) is 0 Å². The minimum atomic E-state index is 0.287. The van der Waals surface area contributed by atoms with Gasteiger partial charge >= 0.3 is 0 Å². The predicted octanol–water partition coefficient (Wildman–Crippen LogP) is 1.52. The minimum Gasteiger partial charge on any atom is -0.396 e. The Bertz CT molecular complexity index is 124. The summed E-state index contributed by atoms with van der Waals surface area (Å²) in [6, 6.07) is 0. The number of hydrogen-bond acceptors (Lipinski definition) is 3. The molecule has 2 N–H and O–H groups in total. The Morgan fingerprint density at radius 2 is 2.17 bits per heavy atom. The first-order valence-electron chi connectivity index (χ1n) is 4.68. The number of unbranched alkanes of at least 4 members (excludes halogenated alkanes) is 1. The average Bonchev–Trinajstić information content (AvgIpc) is 2.06. The molecule has 0 rings (SSSR count). The monoisotopic (exact) mass is 172 g/mol. The standard InChI is InChI=1S/C9H20N2O/c1-3-7-10-11-9(2)6-4-5-8-12/h10,12H,3-8H2,1-2H3/b11-9+. The maximum Gasteiger partial charge on any atom is 0.0431 e. The van der Waals surface area contributed by atoms with Crippen LogP contribution in [0.25, 0.3) is 0 Å². The summed E-state index contributed by atoms with van der Waals surface area (Å²) in [5.74, 6) is 0. The Morgan fingerprint density at radius 1 is 1.42 bits per heavy atom. The number of nitrogens with one attached hydrogen (secondary N) is 1. The minimum absolute atomic E-state index is 0.287. The van der Waals surface area contributed by atoms with Crippen molar-refractivity contribution in [3.63, 3.8) is 0 Å². The molecule has 3 nitrogen and oxygen atoms in total. The van der Waals surface area contributed by atoms with Crippen LogP contribution in [-0.4, -0.2) is 24.0 Å². The highest BCUT2D eigenvalue weighted by Gasteiger charge is 1.91. The van der Waals surface area contributed by atoms with Gasteiger partial charge in [-0.25, -0.2) is 0 Å². The van der Waals surface area contributed by atoms with Crippen molar-refractivity contribution in [3.8, 4) is 0 Å². The second kappa shape index (κ2) is 8.53. The summed E-state index contributed by atoms with van der Waals surface area (Å²) in [5, 5.41) is 12.7. The SMILES string of the molecule is CCCN/N=C(\C)CCCCO. The first-order valence-corrected chi connectivity index (χ1v) is 4.68. The summed E-state index contributed by atoms with van der Waals surface area (Å²) in [6.45, 7) is 5.36. The van der Waals surface area contributed by atoms with Crippen LogP contribution in [0, 0.1) is 0 Å². The summed E-state index contributed by atoms with van der Waals surface area (Å²) >= 11 is 0. The molecule has 0 aliphatic rings. The summed E-state index contributed by atoms with van der Waals surface area (Å²) in [5.41, 5.74) is 4.11. The van der Waals surface area contributed by atoms with Gasteiger partial charge in [0.1, 0.15) is 0 Å². The van der Waals surface area contributed by atoms with Crippen LogP contribution in [0.2, 0.25) is 0 Å².